The van der Waals surface area contributed by atoms with Crippen LogP contribution in [0.3, 0.4) is 0 Å². The Bertz CT molecular complexity index is 1660. The normalized spacial score (nSPS) is 10.5. The molecule has 0 saturated carbocycles. The molecule has 0 saturated heterocycles. The Morgan fingerprint density at radius 1 is 0.561 bits per heavy atom. The van der Waals surface area contributed by atoms with Gasteiger partial charge in [-0.15, -0.1) is 78.6 Å². The monoisotopic (exact) mass is 624 g/mol. The third kappa shape index (κ3) is 9.06. The van der Waals surface area contributed by atoms with Crippen molar-refractivity contribution in [2.24, 2.45) is 0 Å². The van der Waals surface area contributed by atoms with E-state index in [1.807, 2.05) is 0 Å². The summed E-state index contributed by atoms with van der Waals surface area (Å²) >= 11 is 0. The summed E-state index contributed by atoms with van der Waals surface area (Å²) in [4.78, 5) is 0. The van der Waals surface area contributed by atoms with Gasteiger partial charge in [0.15, 0.2) is 0 Å². The SMILES string of the molecule is Cc1ccccc1P[c-]1ccc2ccccc21.[Zr+2].c1ccc(CCc2ccccc2)cc1.c1ccc2[cH-]ccc2c1. The van der Waals surface area contributed by atoms with Gasteiger partial charge in [0.2, 0.25) is 0 Å². The maximum absolute atomic E-state index is 2.26. The zero-order chi connectivity index (χ0) is 27.4. The summed E-state index contributed by atoms with van der Waals surface area (Å²) in [5.41, 5.74) is 4.21. The minimum atomic E-state index is 0. The Labute approximate surface area is 265 Å². The van der Waals surface area contributed by atoms with Gasteiger partial charge >= 0.3 is 26.2 Å². The molecule has 0 nitrogen and oxygen atoms in total. The van der Waals surface area contributed by atoms with Gasteiger partial charge in [0, 0.05) is 0 Å². The van der Waals surface area contributed by atoms with Crippen molar-refractivity contribution in [3.8, 4) is 0 Å². The summed E-state index contributed by atoms with van der Waals surface area (Å²) in [5, 5.41) is 8.31. The van der Waals surface area contributed by atoms with Gasteiger partial charge < -0.3 is 0 Å². The van der Waals surface area contributed by atoms with E-state index in [1.165, 1.54) is 48.8 Å². The molecular formula is C39H35PZr. The molecule has 2 heteroatoms. The van der Waals surface area contributed by atoms with Gasteiger partial charge in [0.1, 0.15) is 0 Å². The van der Waals surface area contributed by atoms with E-state index in [9.17, 15) is 0 Å². The van der Waals surface area contributed by atoms with Crippen LogP contribution in [0.4, 0.5) is 0 Å². The van der Waals surface area contributed by atoms with Gasteiger partial charge in [-0.1, -0.05) is 97.1 Å². The Hall–Kier alpha value is -3.37. The Balaban J connectivity index is 0.000000146. The molecule has 0 aliphatic carbocycles. The molecule has 0 N–H and O–H groups in total. The molecule has 0 bridgehead atoms. The standard InChI is InChI=1S/C16H14P.C14H14.C9H7.Zr/c1-12-6-2-5-9-15(12)17-16-11-10-13-7-3-4-8-14(13)16;1-3-7-13(8-4-1)11-12-14-9-5-2-6-10-14;1-2-5-9-7-3-6-8(9)4-1;/h2-11,17H,1H3;1-10H,11-12H2;1-7H;/q-1;;-1;+2. The molecule has 7 rings (SSSR count). The zero-order valence-corrected chi connectivity index (χ0v) is 27.0. The topological polar surface area (TPSA) is 0 Å². The van der Waals surface area contributed by atoms with Crippen LogP contribution in [-0.4, -0.2) is 0 Å². The first-order valence-electron chi connectivity index (χ1n) is 13.9. The van der Waals surface area contributed by atoms with Crippen molar-refractivity contribution in [3.05, 3.63) is 180 Å². The molecule has 7 aromatic carbocycles. The largest absolute Gasteiger partial charge is 2.00 e. The molecule has 0 aromatic heterocycles. The first-order chi connectivity index (χ1) is 19.8. The summed E-state index contributed by atoms with van der Waals surface area (Å²) in [6, 6.07) is 57.7. The van der Waals surface area contributed by atoms with E-state index in [0.717, 1.165) is 21.4 Å². The van der Waals surface area contributed by atoms with Crippen LogP contribution in [0.1, 0.15) is 16.7 Å². The molecule has 0 amide bonds. The summed E-state index contributed by atoms with van der Waals surface area (Å²) in [6.07, 6.45) is 2.26. The smallest absolute Gasteiger partial charge is 0.168 e. The number of benzene rings is 5. The van der Waals surface area contributed by atoms with E-state index in [1.54, 1.807) is 0 Å². The van der Waals surface area contributed by atoms with Crippen molar-refractivity contribution in [1.29, 1.82) is 0 Å². The first-order valence-corrected chi connectivity index (χ1v) is 14.9. The molecule has 1 atom stereocenters. The maximum atomic E-state index is 2.26. The molecule has 0 aliphatic rings. The first kappa shape index (κ1) is 30.6. The van der Waals surface area contributed by atoms with E-state index in [2.05, 4.69) is 171 Å². The molecule has 0 heterocycles. The number of hydrogen-bond donors (Lipinski definition) is 0. The molecule has 0 fully saturated rings. The van der Waals surface area contributed by atoms with Crippen LogP contribution in [0.2, 0.25) is 0 Å². The van der Waals surface area contributed by atoms with Crippen LogP contribution in [-0.2, 0) is 39.0 Å². The summed E-state index contributed by atoms with van der Waals surface area (Å²) in [7, 11) is 0.754. The van der Waals surface area contributed by atoms with Gasteiger partial charge in [-0.25, -0.2) is 0 Å². The van der Waals surface area contributed by atoms with Crippen LogP contribution in [0.15, 0.2) is 164 Å². The quantitative estimate of drug-likeness (QED) is 0.132. The minimum absolute atomic E-state index is 0. The summed E-state index contributed by atoms with van der Waals surface area (Å²) in [6.45, 7) is 2.19. The van der Waals surface area contributed by atoms with Crippen molar-refractivity contribution >= 4 is 40.7 Å². The van der Waals surface area contributed by atoms with E-state index in [4.69, 9.17) is 0 Å². The van der Waals surface area contributed by atoms with E-state index < -0.39 is 0 Å². The van der Waals surface area contributed by atoms with Gasteiger partial charge in [0.25, 0.3) is 0 Å². The third-order valence-corrected chi connectivity index (χ3v) is 8.57. The summed E-state index contributed by atoms with van der Waals surface area (Å²) in [5.74, 6) is 0. The van der Waals surface area contributed by atoms with E-state index >= 15 is 0 Å². The molecular weight excluding hydrogens is 591 g/mol. The predicted molar refractivity (Wildman–Crippen MR) is 178 cm³/mol. The molecule has 0 aliphatic heterocycles. The molecule has 0 spiro atoms. The second-order valence-corrected chi connectivity index (χ2v) is 11.2. The van der Waals surface area contributed by atoms with Crippen molar-refractivity contribution in [1.82, 2.24) is 0 Å². The van der Waals surface area contributed by atoms with Crippen LogP contribution < -0.4 is 10.6 Å². The Kier molecular flexibility index (Phi) is 12.1. The maximum Gasteiger partial charge on any atom is 2.00 e. The minimum Gasteiger partial charge on any atom is -0.168 e. The zero-order valence-electron chi connectivity index (χ0n) is 23.5. The fraction of sp³-hybridized carbons (Fsp3) is 0.0769. The Morgan fingerprint density at radius 2 is 1.12 bits per heavy atom. The second kappa shape index (κ2) is 16.2. The number of hydrogen-bond acceptors (Lipinski definition) is 0. The molecule has 41 heavy (non-hydrogen) atoms. The fourth-order valence-electron chi connectivity index (χ4n) is 4.77. The van der Waals surface area contributed by atoms with Crippen LogP contribution >= 0.6 is 8.58 Å². The molecule has 7 aromatic rings. The fourth-order valence-corrected chi connectivity index (χ4v) is 6.04. The number of aryl methyl sites for hydroxylation is 3. The van der Waals surface area contributed by atoms with Crippen LogP contribution in [0, 0.1) is 6.92 Å². The van der Waals surface area contributed by atoms with Gasteiger partial charge in [0.05, 0.1) is 0 Å². The molecule has 0 radical (unpaired) electrons. The number of fused-ring (bicyclic) bond motifs is 2. The molecule has 200 valence electrons. The van der Waals surface area contributed by atoms with Gasteiger partial charge in [-0.05, 0) is 41.8 Å². The average Bonchev–Trinajstić information content (AvgIpc) is 3.67. The summed E-state index contributed by atoms with van der Waals surface area (Å²) < 4.78 is 0. The average molecular weight is 626 g/mol. The molecule has 1 unspecified atom stereocenters. The second-order valence-electron chi connectivity index (χ2n) is 9.90. The van der Waals surface area contributed by atoms with E-state index in [0.29, 0.717) is 0 Å². The van der Waals surface area contributed by atoms with Crippen molar-refractivity contribution in [2.75, 3.05) is 0 Å². The van der Waals surface area contributed by atoms with Crippen molar-refractivity contribution < 1.29 is 26.2 Å². The number of rotatable bonds is 5. The Morgan fingerprint density at radius 3 is 1.78 bits per heavy atom. The van der Waals surface area contributed by atoms with E-state index in [-0.39, 0.29) is 26.2 Å². The van der Waals surface area contributed by atoms with Crippen molar-refractivity contribution in [2.45, 2.75) is 19.8 Å². The third-order valence-electron chi connectivity index (χ3n) is 7.03. The predicted octanol–water partition coefficient (Wildman–Crippen LogP) is 9.52. The van der Waals surface area contributed by atoms with Gasteiger partial charge in [-0.3, -0.25) is 0 Å². The van der Waals surface area contributed by atoms with Crippen LogP contribution in [0.25, 0.3) is 21.5 Å². The van der Waals surface area contributed by atoms with Gasteiger partial charge in [-0.2, -0.15) is 23.6 Å². The van der Waals surface area contributed by atoms with Crippen LogP contribution in [0.5, 0.6) is 0 Å². The van der Waals surface area contributed by atoms with Crippen molar-refractivity contribution in [3.63, 3.8) is 0 Å².